The van der Waals surface area contributed by atoms with E-state index in [-0.39, 0.29) is 5.69 Å². The molecular weight excluding hydrogens is 264 g/mol. The van der Waals surface area contributed by atoms with E-state index in [0.29, 0.717) is 11.0 Å². The maximum Gasteiger partial charge on any atom is 0.269 e. The molecule has 0 saturated carbocycles. The van der Waals surface area contributed by atoms with Gasteiger partial charge in [-0.05, 0) is 35.8 Å². The van der Waals surface area contributed by atoms with Gasteiger partial charge in [-0.15, -0.1) is 0 Å². The molecule has 0 fully saturated rings. The second-order valence-corrected chi connectivity index (χ2v) is 4.73. The lowest BCUT2D eigenvalue weighted by Gasteiger charge is -2.08. The fourth-order valence-corrected chi connectivity index (χ4v) is 1.32. The zero-order chi connectivity index (χ0) is 14.3. The quantitative estimate of drug-likeness (QED) is 0.373. The minimum absolute atomic E-state index is 0.0548. The van der Waals surface area contributed by atoms with Crippen LogP contribution >= 0.6 is 12.2 Å². The van der Waals surface area contributed by atoms with E-state index in [0.717, 1.165) is 12.1 Å². The molecule has 1 aromatic rings. The Morgan fingerprint density at radius 1 is 1.47 bits per heavy atom. The van der Waals surface area contributed by atoms with E-state index in [1.165, 1.54) is 12.1 Å². The van der Waals surface area contributed by atoms with Crippen molar-refractivity contribution in [2.24, 2.45) is 11.0 Å². The molecule has 1 aromatic carbocycles. The predicted octanol–water partition coefficient (Wildman–Crippen LogP) is 2.05. The van der Waals surface area contributed by atoms with E-state index in [9.17, 15) is 10.1 Å². The maximum atomic E-state index is 10.5. The number of nitro groups is 1. The van der Waals surface area contributed by atoms with Gasteiger partial charge in [-0.25, -0.2) is 0 Å². The van der Waals surface area contributed by atoms with Crippen molar-refractivity contribution in [3.8, 4) is 0 Å². The SMILES string of the molecule is CC(C)CNC(=S)NN=Cc1ccc([N+](=O)[O-])cc1. The summed E-state index contributed by atoms with van der Waals surface area (Å²) >= 11 is 5.02. The van der Waals surface area contributed by atoms with Gasteiger partial charge in [-0.2, -0.15) is 5.10 Å². The summed E-state index contributed by atoms with van der Waals surface area (Å²) in [6.45, 7) is 4.93. The highest BCUT2D eigenvalue weighted by Gasteiger charge is 2.02. The number of benzene rings is 1. The van der Waals surface area contributed by atoms with Crippen LogP contribution in [-0.2, 0) is 0 Å². The number of hydrazone groups is 1. The van der Waals surface area contributed by atoms with Crippen molar-refractivity contribution in [3.05, 3.63) is 39.9 Å². The Morgan fingerprint density at radius 2 is 2.11 bits per heavy atom. The highest BCUT2D eigenvalue weighted by molar-refractivity contribution is 7.80. The standard InChI is InChI=1S/C12H16N4O2S/c1-9(2)7-13-12(19)15-14-8-10-3-5-11(6-4-10)16(17)18/h3-6,8-9H,7H2,1-2H3,(H2,13,15,19). The molecule has 6 nitrogen and oxygen atoms in total. The van der Waals surface area contributed by atoms with Crippen LogP contribution in [0.2, 0.25) is 0 Å². The minimum Gasteiger partial charge on any atom is -0.361 e. The van der Waals surface area contributed by atoms with E-state index < -0.39 is 4.92 Å². The fourth-order valence-electron chi connectivity index (χ4n) is 1.18. The molecule has 0 radical (unpaired) electrons. The molecule has 0 atom stereocenters. The van der Waals surface area contributed by atoms with E-state index >= 15 is 0 Å². The van der Waals surface area contributed by atoms with Gasteiger partial charge in [0, 0.05) is 18.7 Å². The topological polar surface area (TPSA) is 79.6 Å². The highest BCUT2D eigenvalue weighted by Crippen LogP contribution is 2.10. The van der Waals surface area contributed by atoms with Gasteiger partial charge >= 0.3 is 0 Å². The van der Waals surface area contributed by atoms with Gasteiger partial charge in [0.2, 0.25) is 0 Å². The summed E-state index contributed by atoms with van der Waals surface area (Å²) < 4.78 is 0. The monoisotopic (exact) mass is 280 g/mol. The molecule has 0 saturated heterocycles. The van der Waals surface area contributed by atoms with Gasteiger partial charge in [0.1, 0.15) is 0 Å². The van der Waals surface area contributed by atoms with E-state index in [1.807, 2.05) is 0 Å². The molecule has 0 aromatic heterocycles. The zero-order valence-electron chi connectivity index (χ0n) is 10.8. The van der Waals surface area contributed by atoms with Crippen molar-refractivity contribution in [1.82, 2.24) is 10.7 Å². The number of thiocarbonyl (C=S) groups is 1. The molecule has 1 rings (SSSR count). The van der Waals surface area contributed by atoms with Crippen molar-refractivity contribution in [2.45, 2.75) is 13.8 Å². The van der Waals surface area contributed by atoms with Crippen LogP contribution in [0.15, 0.2) is 29.4 Å². The molecule has 0 heterocycles. The van der Waals surface area contributed by atoms with Gasteiger partial charge in [0.05, 0.1) is 11.1 Å². The molecule has 0 aliphatic heterocycles. The Hall–Kier alpha value is -2.02. The van der Waals surface area contributed by atoms with Crippen LogP contribution in [-0.4, -0.2) is 22.8 Å². The molecule has 0 unspecified atom stereocenters. The van der Waals surface area contributed by atoms with E-state index in [4.69, 9.17) is 12.2 Å². The summed E-state index contributed by atoms with van der Waals surface area (Å²) in [6, 6.07) is 6.09. The Morgan fingerprint density at radius 3 is 2.63 bits per heavy atom. The average Bonchev–Trinajstić information content (AvgIpc) is 2.37. The molecule has 0 aliphatic rings. The lowest BCUT2D eigenvalue weighted by molar-refractivity contribution is -0.384. The number of rotatable bonds is 5. The Labute approximate surface area is 117 Å². The number of non-ortho nitro benzene ring substituents is 1. The number of nitrogens with one attached hydrogen (secondary N) is 2. The van der Waals surface area contributed by atoms with Gasteiger partial charge < -0.3 is 5.32 Å². The van der Waals surface area contributed by atoms with Gasteiger partial charge in [0.25, 0.3) is 5.69 Å². The first kappa shape index (κ1) is 15.0. The molecule has 0 aliphatic carbocycles. The molecule has 102 valence electrons. The van der Waals surface area contributed by atoms with Crippen molar-refractivity contribution in [3.63, 3.8) is 0 Å². The molecular formula is C12H16N4O2S. The molecule has 2 N–H and O–H groups in total. The van der Waals surface area contributed by atoms with Crippen molar-refractivity contribution < 1.29 is 4.92 Å². The van der Waals surface area contributed by atoms with Crippen molar-refractivity contribution in [1.29, 1.82) is 0 Å². The predicted molar refractivity (Wildman–Crippen MR) is 79.3 cm³/mol. The summed E-state index contributed by atoms with van der Waals surface area (Å²) in [5.74, 6) is 0.499. The molecule has 0 amide bonds. The average molecular weight is 280 g/mol. The lowest BCUT2D eigenvalue weighted by atomic mass is 10.2. The summed E-state index contributed by atoms with van der Waals surface area (Å²) in [7, 11) is 0. The van der Waals surface area contributed by atoms with Crippen molar-refractivity contribution >= 4 is 29.2 Å². The van der Waals surface area contributed by atoms with Crippen molar-refractivity contribution in [2.75, 3.05) is 6.54 Å². The maximum absolute atomic E-state index is 10.5. The minimum atomic E-state index is -0.440. The van der Waals surface area contributed by atoms with Crippen LogP contribution in [0.25, 0.3) is 0 Å². The molecule has 7 heteroatoms. The van der Waals surface area contributed by atoms with Crippen LogP contribution in [0.1, 0.15) is 19.4 Å². The number of nitrogens with zero attached hydrogens (tertiary/aromatic N) is 2. The first-order chi connectivity index (χ1) is 8.99. The smallest absolute Gasteiger partial charge is 0.269 e. The van der Waals surface area contributed by atoms with Gasteiger partial charge in [0.15, 0.2) is 5.11 Å². The summed E-state index contributed by atoms with van der Waals surface area (Å²) in [5, 5.41) is 17.9. The third kappa shape index (κ3) is 5.91. The van der Waals surface area contributed by atoms with E-state index in [2.05, 4.69) is 29.7 Å². The second kappa shape index (κ2) is 7.42. The van der Waals surface area contributed by atoms with Crippen LogP contribution in [0, 0.1) is 16.0 Å². The van der Waals surface area contributed by atoms with Crippen LogP contribution in [0.5, 0.6) is 0 Å². The van der Waals surface area contributed by atoms with Crippen LogP contribution < -0.4 is 10.7 Å². The number of nitro benzene ring substituents is 1. The zero-order valence-corrected chi connectivity index (χ0v) is 11.6. The third-order valence-corrected chi connectivity index (χ3v) is 2.39. The third-order valence-electron chi connectivity index (χ3n) is 2.15. The van der Waals surface area contributed by atoms with Gasteiger partial charge in [-0.1, -0.05) is 13.8 Å². The Kier molecular flexibility index (Phi) is 5.87. The largest absolute Gasteiger partial charge is 0.361 e. The van der Waals surface area contributed by atoms with Gasteiger partial charge in [-0.3, -0.25) is 15.5 Å². The highest BCUT2D eigenvalue weighted by atomic mass is 32.1. The first-order valence-corrected chi connectivity index (χ1v) is 6.21. The summed E-state index contributed by atoms with van der Waals surface area (Å²) in [6.07, 6.45) is 1.55. The lowest BCUT2D eigenvalue weighted by Crippen LogP contribution is -2.34. The molecule has 0 bridgehead atoms. The number of hydrogen-bond acceptors (Lipinski definition) is 4. The normalized spacial score (nSPS) is 10.7. The van der Waals surface area contributed by atoms with Crippen LogP contribution in [0.3, 0.4) is 0 Å². The number of hydrogen-bond donors (Lipinski definition) is 2. The fraction of sp³-hybridized carbons (Fsp3) is 0.333. The Bertz CT molecular complexity index is 471. The Balaban J connectivity index is 2.44. The summed E-state index contributed by atoms with van der Waals surface area (Å²) in [5.41, 5.74) is 3.49. The van der Waals surface area contributed by atoms with Crippen LogP contribution in [0.4, 0.5) is 5.69 Å². The first-order valence-electron chi connectivity index (χ1n) is 5.80. The van der Waals surface area contributed by atoms with E-state index in [1.54, 1.807) is 18.3 Å². The second-order valence-electron chi connectivity index (χ2n) is 4.32. The molecule has 0 spiro atoms. The molecule has 19 heavy (non-hydrogen) atoms. The summed E-state index contributed by atoms with van der Waals surface area (Å²) in [4.78, 5) is 10.0.